The number of alkyl halides is 1. The largest absolute Gasteiger partial charge is 0.462 e. The Morgan fingerprint density at radius 3 is 2.51 bits per heavy atom. The van der Waals surface area contributed by atoms with Gasteiger partial charge in [0.05, 0.1) is 6.10 Å². The molecule has 1 amide bonds. The van der Waals surface area contributed by atoms with Crippen LogP contribution in [-0.4, -0.2) is 70.4 Å². The molecule has 6 atom stereocenters. The smallest absolute Gasteiger partial charge is 0.459 e. The first-order valence-corrected chi connectivity index (χ1v) is 14.3. The van der Waals surface area contributed by atoms with Crippen LogP contribution in [-0.2, 0) is 37.7 Å². The zero-order chi connectivity index (χ0) is 30.8. The van der Waals surface area contributed by atoms with Gasteiger partial charge in [-0.25, -0.2) is 8.96 Å². The molecule has 13 nitrogen and oxygen atoms in total. The van der Waals surface area contributed by atoms with Gasteiger partial charge in [0, 0.05) is 24.2 Å². The van der Waals surface area contributed by atoms with Crippen LogP contribution in [0.5, 0.6) is 5.75 Å². The van der Waals surface area contributed by atoms with Crippen molar-refractivity contribution in [2.75, 3.05) is 6.61 Å². The van der Waals surface area contributed by atoms with Gasteiger partial charge < -0.3 is 34.1 Å². The molecule has 2 aliphatic heterocycles. The molecule has 3 N–H and O–H groups in total. The lowest BCUT2D eigenvalue weighted by Crippen LogP contribution is -2.56. The number of carbonyl (C=O) groups is 3. The maximum Gasteiger partial charge on any atom is 0.459 e. The van der Waals surface area contributed by atoms with Gasteiger partial charge in [-0.2, -0.15) is 5.09 Å². The summed E-state index contributed by atoms with van der Waals surface area (Å²) in [6.07, 6.45) is -1.84. The molecule has 0 bridgehead atoms. The Bertz CT molecular complexity index is 1260. The van der Waals surface area contributed by atoms with E-state index in [2.05, 4.69) is 17.0 Å². The fourth-order valence-electron chi connectivity index (χ4n) is 3.98. The van der Waals surface area contributed by atoms with Crippen LogP contribution in [0.2, 0.25) is 5.02 Å². The SMILES string of the molecule is C=C1NC(=O)C=CN1[C@@H]1O[C@](F)(COP(=O)(NC(C)C(=O)OC(C)C)Oc2ccc(Cl)cc2)[C@@H](OC(C)=O)[C@@]1(C)O. The van der Waals surface area contributed by atoms with E-state index in [4.69, 9.17) is 34.9 Å². The third-order valence-corrected chi connectivity index (χ3v) is 7.64. The van der Waals surface area contributed by atoms with E-state index in [9.17, 15) is 24.1 Å². The summed E-state index contributed by atoms with van der Waals surface area (Å²) in [6.45, 7) is 9.12. The van der Waals surface area contributed by atoms with Crippen molar-refractivity contribution in [3.05, 3.63) is 54.0 Å². The Morgan fingerprint density at radius 2 is 1.95 bits per heavy atom. The molecule has 1 saturated heterocycles. The first-order valence-electron chi connectivity index (χ1n) is 12.4. The third kappa shape index (κ3) is 7.85. The molecule has 0 aliphatic carbocycles. The molecule has 0 saturated carbocycles. The maximum atomic E-state index is 16.6. The van der Waals surface area contributed by atoms with Crippen molar-refractivity contribution in [3.8, 4) is 5.75 Å². The second-order valence-electron chi connectivity index (χ2n) is 9.78. The summed E-state index contributed by atoms with van der Waals surface area (Å²) in [6, 6.07) is 4.34. The number of ether oxygens (including phenoxy) is 3. The van der Waals surface area contributed by atoms with Crippen molar-refractivity contribution in [2.24, 2.45) is 0 Å². The number of rotatable bonds is 11. The number of hydrogen-bond acceptors (Lipinski definition) is 11. The topological polar surface area (TPSA) is 162 Å². The molecule has 0 radical (unpaired) electrons. The normalized spacial score (nSPS) is 28.2. The third-order valence-electron chi connectivity index (χ3n) is 5.76. The highest BCUT2D eigenvalue weighted by Gasteiger charge is 2.67. The van der Waals surface area contributed by atoms with Gasteiger partial charge >= 0.3 is 19.7 Å². The van der Waals surface area contributed by atoms with Crippen molar-refractivity contribution < 1.29 is 51.7 Å². The molecule has 0 spiro atoms. The summed E-state index contributed by atoms with van der Waals surface area (Å²) in [4.78, 5) is 37.1. The molecule has 1 aromatic rings. The van der Waals surface area contributed by atoms with E-state index < -0.39 is 68.1 Å². The number of amides is 1. The highest BCUT2D eigenvalue weighted by Crippen LogP contribution is 2.50. The van der Waals surface area contributed by atoms with Gasteiger partial charge in [-0.3, -0.25) is 18.9 Å². The van der Waals surface area contributed by atoms with Gasteiger partial charge in [-0.1, -0.05) is 18.2 Å². The van der Waals surface area contributed by atoms with Crippen LogP contribution in [0, 0.1) is 0 Å². The quantitative estimate of drug-likeness (QED) is 0.246. The summed E-state index contributed by atoms with van der Waals surface area (Å²) in [7, 11) is -4.62. The molecule has 0 aromatic heterocycles. The lowest BCUT2D eigenvalue weighted by Gasteiger charge is -2.37. The van der Waals surface area contributed by atoms with Crippen LogP contribution in [0.25, 0.3) is 0 Å². The van der Waals surface area contributed by atoms with E-state index in [1.54, 1.807) is 13.8 Å². The average Bonchev–Trinajstić information content (AvgIpc) is 3.04. The van der Waals surface area contributed by atoms with Gasteiger partial charge in [-0.05, 0) is 52.0 Å². The summed E-state index contributed by atoms with van der Waals surface area (Å²) in [5.41, 5.74) is -2.26. The Kier molecular flexibility index (Phi) is 9.89. The second kappa shape index (κ2) is 12.5. The number of halogens is 2. The monoisotopic (exact) mass is 619 g/mol. The molecule has 41 heavy (non-hydrogen) atoms. The van der Waals surface area contributed by atoms with E-state index in [1.807, 2.05) is 0 Å². The highest BCUT2D eigenvalue weighted by molar-refractivity contribution is 7.52. The number of benzene rings is 1. The number of hydrogen-bond donors (Lipinski definition) is 3. The van der Waals surface area contributed by atoms with Gasteiger partial charge in [0.1, 0.15) is 29.8 Å². The van der Waals surface area contributed by atoms with Crippen molar-refractivity contribution in [1.29, 1.82) is 0 Å². The number of nitrogens with zero attached hydrogens (tertiary/aromatic N) is 1. The minimum absolute atomic E-state index is 0.0122. The number of carbonyl (C=O) groups excluding carboxylic acids is 3. The fraction of sp³-hybridized carbons (Fsp3) is 0.480. The standard InChI is InChI=1S/C25H32ClFN3O10P/c1-14(2)37-21(33)15(3)29-41(35,40-19-9-7-18(26)8-10-19)36-13-25(27)22(38-17(5)31)24(6,34)23(39-25)30-12-11-20(32)28-16(30)4/h7-12,14-15,22-23,34H,4,13H2,1-3,5-6H3,(H,28,32)(H,29,35)/t15?,22-,23+,24+,25+,41?/m0/s1. The van der Waals surface area contributed by atoms with Crippen molar-refractivity contribution in [1.82, 2.24) is 15.3 Å². The minimum Gasteiger partial charge on any atom is -0.462 e. The average molecular weight is 620 g/mol. The van der Waals surface area contributed by atoms with Crippen LogP contribution in [0.15, 0.2) is 48.9 Å². The maximum absolute atomic E-state index is 16.6. The van der Waals surface area contributed by atoms with Gasteiger partial charge in [0.25, 0.3) is 11.8 Å². The number of esters is 2. The van der Waals surface area contributed by atoms with Gasteiger partial charge in [0.2, 0.25) is 0 Å². The van der Waals surface area contributed by atoms with Crippen LogP contribution in [0.3, 0.4) is 0 Å². The molecule has 16 heteroatoms. The Hall–Kier alpha value is -3.00. The molecule has 2 aliphatic rings. The van der Waals surface area contributed by atoms with E-state index in [0.29, 0.717) is 5.02 Å². The van der Waals surface area contributed by atoms with Crippen LogP contribution < -0.4 is 14.9 Å². The lowest BCUT2D eigenvalue weighted by molar-refractivity contribution is -0.216. The molecule has 1 aromatic carbocycles. The molecule has 2 heterocycles. The second-order valence-corrected chi connectivity index (χ2v) is 11.9. The summed E-state index contributed by atoms with van der Waals surface area (Å²) in [5, 5.41) is 16.4. The number of aliphatic hydroxyl groups is 1. The van der Waals surface area contributed by atoms with Gasteiger partial charge in [-0.15, -0.1) is 0 Å². The molecule has 2 unspecified atom stereocenters. The molecular weight excluding hydrogens is 588 g/mol. The van der Waals surface area contributed by atoms with Crippen LogP contribution in [0.4, 0.5) is 4.39 Å². The zero-order valence-corrected chi connectivity index (χ0v) is 24.6. The first-order chi connectivity index (χ1) is 19.0. The summed E-state index contributed by atoms with van der Waals surface area (Å²) < 4.78 is 57.1. The Balaban J connectivity index is 1.92. The van der Waals surface area contributed by atoms with Crippen LogP contribution in [0.1, 0.15) is 34.6 Å². The van der Waals surface area contributed by atoms with E-state index >= 15 is 4.39 Å². The lowest BCUT2D eigenvalue weighted by atomic mass is 9.94. The highest BCUT2D eigenvalue weighted by atomic mass is 35.5. The Morgan fingerprint density at radius 1 is 1.32 bits per heavy atom. The van der Waals surface area contributed by atoms with Crippen LogP contribution >= 0.6 is 19.3 Å². The predicted octanol–water partition coefficient (Wildman–Crippen LogP) is 2.89. The molecule has 226 valence electrons. The molecular formula is C25H32ClFN3O10P. The van der Waals surface area contributed by atoms with Crippen molar-refractivity contribution in [3.63, 3.8) is 0 Å². The van der Waals surface area contributed by atoms with Crippen molar-refractivity contribution in [2.45, 2.75) is 70.6 Å². The fourth-order valence-corrected chi connectivity index (χ4v) is 5.61. The number of nitrogens with one attached hydrogen (secondary N) is 2. The van der Waals surface area contributed by atoms with E-state index in [-0.39, 0.29) is 11.6 Å². The molecule has 3 rings (SSSR count). The van der Waals surface area contributed by atoms with E-state index in [0.717, 1.165) is 24.8 Å². The molecule has 1 fully saturated rings. The predicted molar refractivity (Wildman–Crippen MR) is 143 cm³/mol. The zero-order valence-electron chi connectivity index (χ0n) is 23.0. The van der Waals surface area contributed by atoms with Crippen molar-refractivity contribution >= 4 is 37.2 Å². The first kappa shape index (κ1) is 32.5. The van der Waals surface area contributed by atoms with Gasteiger partial charge in [0.15, 0.2) is 12.3 Å². The minimum atomic E-state index is -4.62. The summed E-state index contributed by atoms with van der Waals surface area (Å²) in [5.74, 6) is -5.49. The summed E-state index contributed by atoms with van der Waals surface area (Å²) >= 11 is 5.90. The Labute approximate surface area is 241 Å². The van der Waals surface area contributed by atoms with E-state index in [1.165, 1.54) is 37.4 Å².